The van der Waals surface area contributed by atoms with Crippen molar-refractivity contribution in [3.05, 3.63) is 0 Å². The molecule has 1 fully saturated rings. The zero-order chi connectivity index (χ0) is 7.99. The third kappa shape index (κ3) is 1.10. The highest BCUT2D eigenvalue weighted by Crippen LogP contribution is 2.64. The lowest BCUT2D eigenvalue weighted by atomic mass is 10.1. The van der Waals surface area contributed by atoms with Crippen molar-refractivity contribution in [1.82, 2.24) is 0 Å². The van der Waals surface area contributed by atoms with Gasteiger partial charge < -0.3 is 0 Å². The first-order valence-corrected chi connectivity index (χ1v) is 4.79. The zero-order valence-corrected chi connectivity index (χ0v) is 8.55. The highest BCUT2D eigenvalue weighted by Gasteiger charge is 2.66. The Labute approximate surface area is 78.2 Å². The first kappa shape index (κ1) is 8.82. The number of rotatable bonds is 2. The summed E-state index contributed by atoms with van der Waals surface area (Å²) in [5, 5.41) is 0.338. The summed E-state index contributed by atoms with van der Waals surface area (Å²) in [5.74, 6) is 0.0810. The lowest BCUT2D eigenvalue weighted by Gasteiger charge is -2.06. The highest BCUT2D eigenvalue weighted by atomic mass is 79.9. The molecule has 1 atom stereocenters. The van der Waals surface area contributed by atoms with Crippen LogP contribution in [0.5, 0.6) is 0 Å². The molecule has 1 aliphatic rings. The SMILES string of the molecule is CC1(C(=O)CBr)CC1(Cl)Cl. The van der Waals surface area contributed by atoms with Crippen LogP contribution in [0.15, 0.2) is 0 Å². The Morgan fingerprint density at radius 3 is 2.20 bits per heavy atom. The maximum absolute atomic E-state index is 11.1. The van der Waals surface area contributed by atoms with Crippen LogP contribution in [-0.2, 0) is 4.79 Å². The van der Waals surface area contributed by atoms with E-state index in [-0.39, 0.29) is 5.78 Å². The van der Waals surface area contributed by atoms with Crippen molar-refractivity contribution in [2.24, 2.45) is 5.41 Å². The number of hydrogen-bond acceptors (Lipinski definition) is 1. The minimum atomic E-state index is -0.808. The fourth-order valence-electron chi connectivity index (χ4n) is 0.850. The Kier molecular flexibility index (Phi) is 2.08. The molecule has 1 aliphatic carbocycles. The molecule has 0 amide bonds. The molecule has 0 spiro atoms. The minimum Gasteiger partial charge on any atom is -0.298 e. The number of hydrogen-bond donors (Lipinski definition) is 0. The molecule has 1 unspecified atom stereocenters. The Morgan fingerprint density at radius 2 is 2.10 bits per heavy atom. The largest absolute Gasteiger partial charge is 0.298 e. The van der Waals surface area contributed by atoms with Gasteiger partial charge in [-0.25, -0.2) is 0 Å². The summed E-state index contributed by atoms with van der Waals surface area (Å²) in [6.07, 6.45) is 0.577. The van der Waals surface area contributed by atoms with Crippen molar-refractivity contribution in [3.63, 3.8) is 0 Å². The van der Waals surface area contributed by atoms with Gasteiger partial charge in [-0.2, -0.15) is 0 Å². The molecule has 10 heavy (non-hydrogen) atoms. The van der Waals surface area contributed by atoms with E-state index in [9.17, 15) is 4.79 Å². The molecule has 1 nitrogen and oxygen atoms in total. The maximum atomic E-state index is 11.1. The molecule has 1 saturated carbocycles. The van der Waals surface area contributed by atoms with Crippen molar-refractivity contribution in [3.8, 4) is 0 Å². The monoisotopic (exact) mass is 244 g/mol. The van der Waals surface area contributed by atoms with Gasteiger partial charge in [0.2, 0.25) is 0 Å². The van der Waals surface area contributed by atoms with E-state index in [1.54, 1.807) is 6.92 Å². The Morgan fingerprint density at radius 1 is 1.70 bits per heavy atom. The van der Waals surface area contributed by atoms with Crippen LogP contribution in [-0.4, -0.2) is 15.4 Å². The molecule has 0 aromatic carbocycles. The molecule has 0 aliphatic heterocycles. The van der Waals surface area contributed by atoms with Crippen LogP contribution in [0.1, 0.15) is 13.3 Å². The zero-order valence-electron chi connectivity index (χ0n) is 5.46. The first-order valence-electron chi connectivity index (χ1n) is 2.91. The average molecular weight is 246 g/mol. The third-order valence-corrected chi connectivity index (χ3v) is 3.61. The average Bonchev–Trinajstić information content (AvgIpc) is 2.32. The first-order chi connectivity index (χ1) is 4.44. The number of alkyl halides is 3. The van der Waals surface area contributed by atoms with Crippen molar-refractivity contribution >= 4 is 44.9 Å². The Hall–Kier alpha value is 0.730. The smallest absolute Gasteiger partial charge is 0.152 e. The summed E-state index contributed by atoms with van der Waals surface area (Å²) < 4.78 is -0.808. The van der Waals surface area contributed by atoms with Crippen molar-refractivity contribution in [2.45, 2.75) is 17.7 Å². The molecule has 0 radical (unpaired) electrons. The van der Waals surface area contributed by atoms with Crippen LogP contribution < -0.4 is 0 Å². The van der Waals surface area contributed by atoms with Gasteiger partial charge in [-0.3, -0.25) is 4.79 Å². The molecule has 0 aromatic heterocycles. The molecule has 1 rings (SSSR count). The van der Waals surface area contributed by atoms with E-state index in [2.05, 4.69) is 15.9 Å². The van der Waals surface area contributed by atoms with E-state index in [0.29, 0.717) is 11.8 Å². The van der Waals surface area contributed by atoms with Crippen molar-refractivity contribution < 1.29 is 4.79 Å². The van der Waals surface area contributed by atoms with E-state index >= 15 is 0 Å². The molecule has 0 aromatic rings. The Bertz CT molecular complexity index is 181. The molecule has 0 heterocycles. The van der Waals surface area contributed by atoms with E-state index in [0.717, 1.165) is 0 Å². The van der Waals surface area contributed by atoms with Gasteiger partial charge in [-0.1, -0.05) is 15.9 Å². The van der Waals surface area contributed by atoms with E-state index < -0.39 is 9.75 Å². The number of Topliss-reactive ketones (excluding diaryl/α,β-unsaturated/α-hetero) is 1. The van der Waals surface area contributed by atoms with Crippen LogP contribution in [0.4, 0.5) is 0 Å². The van der Waals surface area contributed by atoms with Crippen molar-refractivity contribution in [1.29, 1.82) is 0 Å². The van der Waals surface area contributed by atoms with Gasteiger partial charge in [0.05, 0.1) is 10.7 Å². The number of carbonyl (C=O) groups is 1. The van der Waals surface area contributed by atoms with Crippen LogP contribution in [0.3, 0.4) is 0 Å². The molecule has 0 bridgehead atoms. The molecule has 4 heteroatoms. The second-order valence-corrected chi connectivity index (χ2v) is 4.81. The van der Waals surface area contributed by atoms with Gasteiger partial charge in [0.1, 0.15) is 4.33 Å². The van der Waals surface area contributed by atoms with E-state index in [1.165, 1.54) is 0 Å². The predicted octanol–water partition coefficient (Wildman–Crippen LogP) is 2.53. The lowest BCUT2D eigenvalue weighted by molar-refractivity contribution is -0.120. The summed E-state index contributed by atoms with van der Waals surface area (Å²) >= 11 is 14.6. The van der Waals surface area contributed by atoms with Crippen LogP contribution in [0, 0.1) is 5.41 Å². The predicted molar refractivity (Wildman–Crippen MR) is 46.0 cm³/mol. The molecular formula is C6H7BrCl2O. The van der Waals surface area contributed by atoms with Gasteiger partial charge in [-0.15, -0.1) is 23.2 Å². The molecular weight excluding hydrogens is 239 g/mol. The fourth-order valence-corrected chi connectivity index (χ4v) is 2.21. The van der Waals surface area contributed by atoms with Crippen LogP contribution in [0.25, 0.3) is 0 Å². The van der Waals surface area contributed by atoms with Crippen LogP contribution in [0.2, 0.25) is 0 Å². The van der Waals surface area contributed by atoms with E-state index in [4.69, 9.17) is 23.2 Å². The van der Waals surface area contributed by atoms with Crippen LogP contribution >= 0.6 is 39.1 Å². The second kappa shape index (κ2) is 2.36. The summed E-state index contributed by atoms with van der Waals surface area (Å²) in [5.41, 5.74) is -0.500. The molecule has 0 saturated heterocycles. The van der Waals surface area contributed by atoms with E-state index in [1.807, 2.05) is 0 Å². The molecule has 0 N–H and O–H groups in total. The van der Waals surface area contributed by atoms with Gasteiger partial charge in [0.25, 0.3) is 0 Å². The summed E-state index contributed by atoms with van der Waals surface area (Å²) in [6, 6.07) is 0. The minimum absolute atomic E-state index is 0.0810. The summed E-state index contributed by atoms with van der Waals surface area (Å²) in [6.45, 7) is 1.79. The van der Waals surface area contributed by atoms with Gasteiger partial charge in [0, 0.05) is 0 Å². The number of carbonyl (C=O) groups excluding carboxylic acids is 1. The number of ketones is 1. The Balaban J connectivity index is 2.68. The quantitative estimate of drug-likeness (QED) is 0.684. The summed E-state index contributed by atoms with van der Waals surface area (Å²) in [7, 11) is 0. The normalized spacial score (nSPS) is 35.6. The van der Waals surface area contributed by atoms with Gasteiger partial charge in [0.15, 0.2) is 5.78 Å². The fraction of sp³-hybridized carbons (Fsp3) is 0.833. The maximum Gasteiger partial charge on any atom is 0.152 e. The second-order valence-electron chi connectivity index (χ2n) is 2.77. The van der Waals surface area contributed by atoms with Gasteiger partial charge in [-0.05, 0) is 13.3 Å². The molecule has 58 valence electrons. The third-order valence-electron chi connectivity index (χ3n) is 1.99. The highest BCUT2D eigenvalue weighted by molar-refractivity contribution is 9.09. The standard InChI is InChI=1S/C6H7BrCl2O/c1-5(4(10)2-7)3-6(5,8)9/h2-3H2,1H3. The van der Waals surface area contributed by atoms with Crippen molar-refractivity contribution in [2.75, 3.05) is 5.33 Å². The van der Waals surface area contributed by atoms with Gasteiger partial charge >= 0.3 is 0 Å². The topological polar surface area (TPSA) is 17.1 Å². The number of halogens is 3. The summed E-state index contributed by atoms with van der Waals surface area (Å²) in [4.78, 5) is 11.1. The lowest BCUT2D eigenvalue weighted by Crippen LogP contribution is -2.18.